The summed E-state index contributed by atoms with van der Waals surface area (Å²) in [5, 5.41) is 9.56. The molecule has 0 spiro atoms. The molecule has 1 aromatic rings. The summed E-state index contributed by atoms with van der Waals surface area (Å²) in [6.45, 7) is 3.65. The van der Waals surface area contributed by atoms with Crippen LogP contribution in [0.3, 0.4) is 0 Å². The van der Waals surface area contributed by atoms with Crippen molar-refractivity contribution in [2.24, 2.45) is 5.92 Å². The van der Waals surface area contributed by atoms with Crippen LogP contribution in [0, 0.1) is 5.92 Å². The van der Waals surface area contributed by atoms with Crippen molar-refractivity contribution in [2.75, 3.05) is 0 Å². The van der Waals surface area contributed by atoms with Gasteiger partial charge in [0.05, 0.1) is 0 Å². The van der Waals surface area contributed by atoms with Crippen molar-refractivity contribution in [3.05, 3.63) is 29.8 Å². The Balaban J connectivity index is 2.31. The van der Waals surface area contributed by atoms with Gasteiger partial charge in [0.1, 0.15) is 11.4 Å². The smallest absolute Gasteiger partial charge is 0.508 e. The second-order valence-electron chi connectivity index (χ2n) is 5.34. The summed E-state index contributed by atoms with van der Waals surface area (Å²) in [4.78, 5) is 8.98. The maximum absolute atomic E-state index is 10.9. The molecule has 0 heterocycles. The van der Waals surface area contributed by atoms with Gasteiger partial charge in [-0.3, -0.25) is 0 Å². The molecule has 1 fully saturated rings. The van der Waals surface area contributed by atoms with E-state index in [-0.39, 0.29) is 11.7 Å². The largest absolute Gasteiger partial charge is 0.695 e. The topological polar surface area (TPSA) is 66.8 Å². The molecule has 2 rings (SSSR count). The maximum atomic E-state index is 10.9. The minimum absolute atomic E-state index is 0.0238. The van der Waals surface area contributed by atoms with Gasteiger partial charge in [0.15, 0.2) is 0 Å². The fraction of sp³-hybridized carbons (Fsp3) is 0.538. The van der Waals surface area contributed by atoms with Crippen LogP contribution in [-0.2, 0) is 9.09 Å². The first-order valence-electron chi connectivity index (χ1n) is 6.04. The Kier molecular flexibility index (Phi) is 3.71. The SMILES string of the molecule is CC(C)(O[P+](=O)O)C(c1cccc(O)c1)C1CC1. The average molecular weight is 269 g/mol. The first-order chi connectivity index (χ1) is 8.40. The molecule has 0 amide bonds. The summed E-state index contributed by atoms with van der Waals surface area (Å²) in [5.41, 5.74) is 0.233. The van der Waals surface area contributed by atoms with Crippen LogP contribution >= 0.6 is 8.25 Å². The van der Waals surface area contributed by atoms with Crippen molar-refractivity contribution in [2.45, 2.75) is 38.2 Å². The number of phenols is 1. The Hall–Kier alpha value is -0.960. The molecule has 98 valence electrons. The van der Waals surface area contributed by atoms with Gasteiger partial charge in [-0.1, -0.05) is 12.1 Å². The first kappa shape index (κ1) is 13.5. The van der Waals surface area contributed by atoms with E-state index in [0.717, 1.165) is 18.4 Å². The van der Waals surface area contributed by atoms with Crippen molar-refractivity contribution in [1.82, 2.24) is 0 Å². The molecule has 1 aromatic carbocycles. The van der Waals surface area contributed by atoms with Crippen LogP contribution < -0.4 is 0 Å². The van der Waals surface area contributed by atoms with Gasteiger partial charge in [0.25, 0.3) is 0 Å². The molecule has 2 unspecified atom stereocenters. The number of aromatic hydroxyl groups is 1. The molecule has 4 nitrogen and oxygen atoms in total. The van der Waals surface area contributed by atoms with Crippen LogP contribution in [0.1, 0.15) is 38.2 Å². The van der Waals surface area contributed by atoms with E-state index in [4.69, 9.17) is 9.42 Å². The fourth-order valence-corrected chi connectivity index (χ4v) is 3.16. The third-order valence-electron chi connectivity index (χ3n) is 3.39. The van der Waals surface area contributed by atoms with E-state index in [2.05, 4.69) is 0 Å². The molecular formula is C13H18O4P+. The lowest BCUT2D eigenvalue weighted by Crippen LogP contribution is -2.32. The molecule has 1 aliphatic rings. The molecular weight excluding hydrogens is 251 g/mol. The Bertz CT molecular complexity index is 454. The fourth-order valence-electron chi connectivity index (χ4n) is 2.65. The van der Waals surface area contributed by atoms with Crippen LogP contribution in [0.25, 0.3) is 0 Å². The third-order valence-corrected chi connectivity index (χ3v) is 4.01. The van der Waals surface area contributed by atoms with E-state index >= 15 is 0 Å². The second kappa shape index (κ2) is 4.96. The standard InChI is InChI=1S/C13H17O4P/c1-13(2,17-18(15)16)12(9-6-7-9)10-4-3-5-11(14)8-10/h3-5,8-9,12H,6-7H2,1-2H3,(H-,14,15,16)/p+1. The van der Waals surface area contributed by atoms with Gasteiger partial charge in [0, 0.05) is 10.5 Å². The van der Waals surface area contributed by atoms with E-state index < -0.39 is 13.9 Å². The van der Waals surface area contributed by atoms with Crippen molar-refractivity contribution >= 4 is 8.25 Å². The minimum Gasteiger partial charge on any atom is -0.508 e. The zero-order valence-corrected chi connectivity index (χ0v) is 11.4. The molecule has 0 aromatic heterocycles. The predicted molar refractivity (Wildman–Crippen MR) is 68.6 cm³/mol. The minimum atomic E-state index is -2.63. The van der Waals surface area contributed by atoms with E-state index in [1.165, 1.54) is 0 Å². The monoisotopic (exact) mass is 269 g/mol. The summed E-state index contributed by atoms with van der Waals surface area (Å²) < 4.78 is 16.1. The number of phenolic OH excluding ortho intramolecular Hbond substituents is 1. The van der Waals surface area contributed by atoms with Gasteiger partial charge >= 0.3 is 8.25 Å². The molecule has 2 N–H and O–H groups in total. The molecule has 0 bridgehead atoms. The lowest BCUT2D eigenvalue weighted by Gasteiger charge is -2.29. The Labute approximate surface area is 108 Å². The van der Waals surface area contributed by atoms with Crippen LogP contribution in [0.15, 0.2) is 24.3 Å². The van der Waals surface area contributed by atoms with E-state index in [0.29, 0.717) is 5.92 Å². The van der Waals surface area contributed by atoms with E-state index in [1.54, 1.807) is 18.2 Å². The number of hydrogen-bond acceptors (Lipinski definition) is 3. The van der Waals surface area contributed by atoms with E-state index in [1.807, 2.05) is 19.9 Å². The number of benzene rings is 1. The van der Waals surface area contributed by atoms with E-state index in [9.17, 15) is 9.67 Å². The lowest BCUT2D eigenvalue weighted by atomic mass is 9.81. The summed E-state index contributed by atoms with van der Waals surface area (Å²) in [5.74, 6) is 0.690. The van der Waals surface area contributed by atoms with Gasteiger partial charge < -0.3 is 5.11 Å². The zero-order valence-electron chi connectivity index (χ0n) is 10.5. The molecule has 18 heavy (non-hydrogen) atoms. The highest BCUT2D eigenvalue weighted by molar-refractivity contribution is 7.32. The summed E-state index contributed by atoms with van der Waals surface area (Å²) in [6, 6.07) is 7.04. The molecule has 5 heteroatoms. The number of rotatable bonds is 5. The highest BCUT2D eigenvalue weighted by Gasteiger charge is 2.47. The lowest BCUT2D eigenvalue weighted by molar-refractivity contribution is 0.0650. The van der Waals surface area contributed by atoms with Gasteiger partial charge in [0.2, 0.25) is 0 Å². The maximum Gasteiger partial charge on any atom is 0.695 e. The van der Waals surface area contributed by atoms with Crippen LogP contribution in [-0.4, -0.2) is 15.6 Å². The summed E-state index contributed by atoms with van der Waals surface area (Å²) in [6.07, 6.45) is 2.19. The Morgan fingerprint density at radius 2 is 2.11 bits per heavy atom. The van der Waals surface area contributed by atoms with Crippen molar-refractivity contribution in [3.63, 3.8) is 0 Å². The highest BCUT2D eigenvalue weighted by atomic mass is 31.1. The Morgan fingerprint density at radius 1 is 1.44 bits per heavy atom. The normalized spacial score (nSPS) is 18.5. The van der Waals surface area contributed by atoms with Gasteiger partial charge in [-0.05, 0) is 50.3 Å². The quantitative estimate of drug-likeness (QED) is 0.804. The first-order valence-corrected chi connectivity index (χ1v) is 7.17. The van der Waals surface area contributed by atoms with Crippen molar-refractivity contribution < 1.29 is 19.1 Å². The average Bonchev–Trinajstić information content (AvgIpc) is 2.99. The Morgan fingerprint density at radius 3 is 2.61 bits per heavy atom. The molecule has 1 saturated carbocycles. The molecule has 0 aliphatic heterocycles. The highest BCUT2D eigenvalue weighted by Crippen LogP contribution is 2.51. The third kappa shape index (κ3) is 3.08. The molecule has 0 radical (unpaired) electrons. The molecule has 2 atom stereocenters. The zero-order chi connectivity index (χ0) is 13.3. The summed E-state index contributed by atoms with van der Waals surface area (Å²) in [7, 11) is -2.63. The van der Waals surface area contributed by atoms with Crippen LogP contribution in [0.4, 0.5) is 0 Å². The number of hydrogen-bond donors (Lipinski definition) is 2. The summed E-state index contributed by atoms with van der Waals surface area (Å²) >= 11 is 0. The van der Waals surface area contributed by atoms with Gasteiger partial charge in [-0.25, -0.2) is 0 Å². The van der Waals surface area contributed by atoms with Crippen LogP contribution in [0.2, 0.25) is 0 Å². The van der Waals surface area contributed by atoms with Gasteiger partial charge in [-0.2, -0.15) is 0 Å². The predicted octanol–water partition coefficient (Wildman–Crippen LogP) is 3.33. The van der Waals surface area contributed by atoms with Crippen molar-refractivity contribution in [3.8, 4) is 5.75 Å². The molecule has 1 aliphatic carbocycles. The molecule has 0 saturated heterocycles. The second-order valence-corrected chi connectivity index (χ2v) is 6.00. The van der Waals surface area contributed by atoms with Crippen LogP contribution in [0.5, 0.6) is 5.75 Å². The van der Waals surface area contributed by atoms with Gasteiger partial charge in [-0.15, -0.1) is 9.42 Å². The van der Waals surface area contributed by atoms with Crippen molar-refractivity contribution in [1.29, 1.82) is 0 Å².